The van der Waals surface area contributed by atoms with Crippen LogP contribution < -0.4 is 0 Å². The molecule has 1 fully saturated rings. The van der Waals surface area contributed by atoms with Crippen molar-refractivity contribution in [2.75, 3.05) is 26.2 Å². The molecule has 2 heterocycles. The van der Waals surface area contributed by atoms with Gasteiger partial charge in [-0.25, -0.2) is 0 Å². The van der Waals surface area contributed by atoms with Gasteiger partial charge in [-0.15, -0.1) is 0 Å². The van der Waals surface area contributed by atoms with Crippen LogP contribution in [0.1, 0.15) is 16.1 Å². The Hall–Kier alpha value is -1.56. The summed E-state index contributed by atoms with van der Waals surface area (Å²) in [5.74, 6) is -0.0927. The fraction of sp³-hybridized carbons (Fsp3) is 0.333. The van der Waals surface area contributed by atoms with E-state index in [1.807, 2.05) is 18.2 Å². The van der Waals surface area contributed by atoms with Crippen molar-refractivity contribution in [3.63, 3.8) is 0 Å². The fourth-order valence-electron chi connectivity index (χ4n) is 2.58. The van der Waals surface area contributed by atoms with Gasteiger partial charge < -0.3 is 4.90 Å². The molecule has 0 bridgehead atoms. The monoisotopic (exact) mass is 338 g/mol. The highest BCUT2D eigenvalue weighted by Crippen LogP contribution is 2.17. The number of H-pyrrole nitrogens is 1. The number of amides is 1. The van der Waals surface area contributed by atoms with Crippen molar-refractivity contribution >= 4 is 29.1 Å². The normalized spacial score (nSPS) is 16.0. The fourth-order valence-corrected chi connectivity index (χ4v) is 2.97. The van der Waals surface area contributed by atoms with Crippen LogP contribution in [0.2, 0.25) is 10.0 Å². The quantitative estimate of drug-likeness (QED) is 0.935. The Morgan fingerprint density at radius 1 is 1.23 bits per heavy atom. The van der Waals surface area contributed by atoms with Crippen molar-refractivity contribution in [1.82, 2.24) is 20.0 Å². The summed E-state index contributed by atoms with van der Waals surface area (Å²) in [6, 6.07) is 7.87. The Balaban J connectivity index is 1.56. The summed E-state index contributed by atoms with van der Waals surface area (Å²) in [5, 5.41) is 7.56. The Bertz CT molecular complexity index is 665. The molecule has 0 radical (unpaired) electrons. The second kappa shape index (κ2) is 6.69. The maximum Gasteiger partial charge on any atom is 0.273 e. The number of carbonyl (C=O) groups excluding carboxylic acids is 1. The lowest BCUT2D eigenvalue weighted by Crippen LogP contribution is -2.48. The highest BCUT2D eigenvalue weighted by Gasteiger charge is 2.24. The number of piperazine rings is 1. The van der Waals surface area contributed by atoms with Crippen LogP contribution in [0.5, 0.6) is 0 Å². The lowest BCUT2D eigenvalue weighted by atomic mass is 10.2. The summed E-state index contributed by atoms with van der Waals surface area (Å²) in [7, 11) is 0. The maximum atomic E-state index is 12.3. The molecule has 0 atom stereocenters. The zero-order valence-corrected chi connectivity index (χ0v) is 13.4. The average Bonchev–Trinajstić information content (AvgIpc) is 2.93. The second-order valence-electron chi connectivity index (χ2n) is 5.29. The van der Waals surface area contributed by atoms with Crippen molar-refractivity contribution in [3.05, 3.63) is 51.8 Å². The van der Waals surface area contributed by atoms with Gasteiger partial charge in [-0.2, -0.15) is 5.10 Å². The predicted octanol–water partition coefficient (Wildman–Crippen LogP) is 2.67. The van der Waals surface area contributed by atoms with E-state index >= 15 is 0 Å². The van der Waals surface area contributed by atoms with Crippen LogP contribution in [0, 0.1) is 0 Å². The minimum atomic E-state index is -0.0927. The van der Waals surface area contributed by atoms with E-state index in [-0.39, 0.29) is 5.91 Å². The zero-order valence-electron chi connectivity index (χ0n) is 11.9. The number of nitrogens with one attached hydrogen (secondary N) is 1. The first-order valence-corrected chi connectivity index (χ1v) is 7.84. The largest absolute Gasteiger partial charge is 0.335 e. The summed E-state index contributed by atoms with van der Waals surface area (Å²) < 4.78 is 0. The average molecular weight is 339 g/mol. The molecule has 1 amide bonds. The van der Waals surface area contributed by atoms with Crippen molar-refractivity contribution < 1.29 is 4.79 Å². The first-order chi connectivity index (χ1) is 10.6. The molecular formula is C15H16Cl2N4O. The van der Waals surface area contributed by atoms with Crippen molar-refractivity contribution in [1.29, 1.82) is 0 Å². The predicted molar refractivity (Wildman–Crippen MR) is 86.2 cm³/mol. The van der Waals surface area contributed by atoms with E-state index < -0.39 is 0 Å². The first-order valence-electron chi connectivity index (χ1n) is 7.08. The summed E-state index contributed by atoms with van der Waals surface area (Å²) >= 11 is 11.9. The van der Waals surface area contributed by atoms with Crippen LogP contribution in [-0.4, -0.2) is 52.1 Å². The molecule has 0 saturated carbocycles. The van der Waals surface area contributed by atoms with Crippen LogP contribution in [0.3, 0.4) is 0 Å². The minimum Gasteiger partial charge on any atom is -0.335 e. The van der Waals surface area contributed by atoms with Gasteiger partial charge in [0.15, 0.2) is 0 Å². The zero-order chi connectivity index (χ0) is 15.5. The van der Waals surface area contributed by atoms with Gasteiger partial charge in [-0.1, -0.05) is 35.3 Å². The SMILES string of the molecule is O=C(c1[nH]ncc1Cl)N1CCN(Cc2cccc(Cl)c2)CC1. The number of hydrogen-bond donors (Lipinski definition) is 1. The molecule has 2 aromatic rings. The van der Waals surface area contributed by atoms with Gasteiger partial charge in [0, 0.05) is 37.7 Å². The molecule has 3 rings (SSSR count). The molecule has 1 N–H and O–H groups in total. The number of benzene rings is 1. The molecule has 1 saturated heterocycles. The molecule has 0 unspecified atom stereocenters. The number of halogens is 2. The molecule has 116 valence electrons. The van der Waals surface area contributed by atoms with Gasteiger partial charge in [-0.05, 0) is 17.7 Å². The van der Waals surface area contributed by atoms with Crippen LogP contribution >= 0.6 is 23.2 Å². The van der Waals surface area contributed by atoms with E-state index in [1.165, 1.54) is 11.8 Å². The Kier molecular flexibility index (Phi) is 4.66. The van der Waals surface area contributed by atoms with Crippen LogP contribution in [0.4, 0.5) is 0 Å². The van der Waals surface area contributed by atoms with E-state index in [0.717, 1.165) is 24.7 Å². The van der Waals surface area contributed by atoms with Gasteiger partial charge in [0.1, 0.15) is 5.69 Å². The molecule has 22 heavy (non-hydrogen) atoms. The van der Waals surface area contributed by atoms with Gasteiger partial charge in [0.25, 0.3) is 5.91 Å². The van der Waals surface area contributed by atoms with Crippen molar-refractivity contribution in [2.45, 2.75) is 6.54 Å². The van der Waals surface area contributed by atoms with Gasteiger partial charge in [-0.3, -0.25) is 14.8 Å². The Labute approximate surface area is 138 Å². The standard InChI is InChI=1S/C15H16Cl2N4O/c16-12-3-1-2-11(8-12)10-20-4-6-21(7-5-20)15(22)14-13(17)9-18-19-14/h1-3,8-9H,4-7,10H2,(H,18,19). The smallest absolute Gasteiger partial charge is 0.273 e. The molecule has 0 spiro atoms. The maximum absolute atomic E-state index is 12.3. The lowest BCUT2D eigenvalue weighted by Gasteiger charge is -2.34. The minimum absolute atomic E-state index is 0.0927. The van der Waals surface area contributed by atoms with E-state index in [0.29, 0.717) is 23.8 Å². The number of aromatic amines is 1. The number of carbonyl (C=O) groups is 1. The number of nitrogens with zero attached hydrogens (tertiary/aromatic N) is 3. The van der Waals surface area contributed by atoms with Crippen LogP contribution in [-0.2, 0) is 6.54 Å². The van der Waals surface area contributed by atoms with E-state index in [1.54, 1.807) is 4.90 Å². The first kappa shape index (κ1) is 15.3. The second-order valence-corrected chi connectivity index (χ2v) is 6.13. The summed E-state index contributed by atoms with van der Waals surface area (Å²) in [5.41, 5.74) is 1.55. The molecule has 1 aliphatic rings. The lowest BCUT2D eigenvalue weighted by molar-refractivity contribution is 0.0623. The third-order valence-electron chi connectivity index (χ3n) is 3.76. The third-order valence-corrected chi connectivity index (χ3v) is 4.28. The van der Waals surface area contributed by atoms with Gasteiger partial charge in [0.2, 0.25) is 0 Å². The third kappa shape index (κ3) is 3.43. The number of hydrogen-bond acceptors (Lipinski definition) is 3. The van der Waals surface area contributed by atoms with E-state index in [9.17, 15) is 4.79 Å². The van der Waals surface area contributed by atoms with Gasteiger partial charge >= 0.3 is 0 Å². The molecule has 5 nitrogen and oxygen atoms in total. The van der Waals surface area contributed by atoms with Crippen molar-refractivity contribution in [3.8, 4) is 0 Å². The summed E-state index contributed by atoms with van der Waals surface area (Å²) in [6.45, 7) is 3.84. The topological polar surface area (TPSA) is 52.2 Å². The van der Waals surface area contributed by atoms with Crippen LogP contribution in [0.25, 0.3) is 0 Å². The Morgan fingerprint density at radius 2 is 2.00 bits per heavy atom. The molecule has 0 aliphatic carbocycles. The molecular weight excluding hydrogens is 323 g/mol. The van der Waals surface area contributed by atoms with E-state index in [2.05, 4.69) is 21.2 Å². The highest BCUT2D eigenvalue weighted by atomic mass is 35.5. The summed E-state index contributed by atoms with van der Waals surface area (Å²) in [4.78, 5) is 16.4. The number of aromatic nitrogens is 2. The molecule has 1 aliphatic heterocycles. The van der Waals surface area contributed by atoms with Gasteiger partial charge in [0.05, 0.1) is 11.2 Å². The van der Waals surface area contributed by atoms with E-state index in [4.69, 9.17) is 23.2 Å². The number of rotatable bonds is 3. The highest BCUT2D eigenvalue weighted by molar-refractivity contribution is 6.33. The molecule has 1 aromatic carbocycles. The van der Waals surface area contributed by atoms with Crippen LogP contribution in [0.15, 0.2) is 30.5 Å². The molecule has 7 heteroatoms. The summed E-state index contributed by atoms with van der Waals surface area (Å²) in [6.07, 6.45) is 1.45. The molecule has 1 aromatic heterocycles. The Morgan fingerprint density at radius 3 is 2.64 bits per heavy atom. The van der Waals surface area contributed by atoms with Crippen molar-refractivity contribution in [2.24, 2.45) is 0 Å².